The highest BCUT2D eigenvalue weighted by Gasteiger charge is 2.17. The van der Waals surface area contributed by atoms with Crippen LogP contribution in [0.4, 0.5) is 5.69 Å². The van der Waals surface area contributed by atoms with Crippen LogP contribution in [-0.4, -0.2) is 20.6 Å². The summed E-state index contributed by atoms with van der Waals surface area (Å²) in [6.07, 6.45) is 1.26. The van der Waals surface area contributed by atoms with Crippen molar-refractivity contribution >= 4 is 23.3 Å². The highest BCUT2D eigenvalue weighted by molar-refractivity contribution is 6.31. The molecule has 0 atom stereocenters. The number of aromatic carboxylic acids is 1. The zero-order valence-corrected chi connectivity index (χ0v) is 11.3. The Labute approximate surface area is 123 Å². The Bertz CT molecular complexity index is 784. The number of carboxylic acid groups (broad SMARTS) is 1. The third-order valence-electron chi connectivity index (χ3n) is 2.86. The van der Waals surface area contributed by atoms with Crippen LogP contribution in [-0.2, 0) is 6.54 Å². The number of nitro groups is 1. The van der Waals surface area contributed by atoms with E-state index in [0.717, 1.165) is 10.6 Å². The molecule has 1 aromatic heterocycles. The fourth-order valence-corrected chi connectivity index (χ4v) is 2.05. The van der Waals surface area contributed by atoms with Gasteiger partial charge in [-0.25, -0.2) is 4.79 Å². The van der Waals surface area contributed by atoms with E-state index in [4.69, 9.17) is 16.7 Å². The second-order valence-corrected chi connectivity index (χ2v) is 4.59. The fourth-order valence-electron chi connectivity index (χ4n) is 1.82. The van der Waals surface area contributed by atoms with Crippen LogP contribution in [0.5, 0.6) is 0 Å². The first-order valence-electron chi connectivity index (χ1n) is 5.75. The summed E-state index contributed by atoms with van der Waals surface area (Å²) in [4.78, 5) is 33.0. The summed E-state index contributed by atoms with van der Waals surface area (Å²) >= 11 is 5.94. The molecule has 1 N–H and O–H groups in total. The van der Waals surface area contributed by atoms with Crippen molar-refractivity contribution in [2.75, 3.05) is 0 Å². The van der Waals surface area contributed by atoms with E-state index in [2.05, 4.69) is 0 Å². The summed E-state index contributed by atoms with van der Waals surface area (Å²) in [5, 5.41) is 19.9. The van der Waals surface area contributed by atoms with E-state index in [9.17, 15) is 19.7 Å². The zero-order valence-electron chi connectivity index (χ0n) is 10.5. The number of hydrogen-bond donors (Lipinski definition) is 1. The van der Waals surface area contributed by atoms with Crippen LogP contribution in [0, 0.1) is 10.1 Å². The van der Waals surface area contributed by atoms with E-state index < -0.39 is 16.5 Å². The second kappa shape index (κ2) is 5.76. The molecule has 7 nitrogen and oxygen atoms in total. The van der Waals surface area contributed by atoms with Gasteiger partial charge < -0.3 is 9.67 Å². The molecule has 0 aliphatic carbocycles. The van der Waals surface area contributed by atoms with E-state index >= 15 is 0 Å². The van der Waals surface area contributed by atoms with Gasteiger partial charge in [0.2, 0.25) is 0 Å². The van der Waals surface area contributed by atoms with Crippen LogP contribution in [0.2, 0.25) is 5.02 Å². The van der Waals surface area contributed by atoms with Gasteiger partial charge in [0.25, 0.3) is 11.2 Å². The van der Waals surface area contributed by atoms with Gasteiger partial charge in [-0.1, -0.05) is 17.7 Å². The topological polar surface area (TPSA) is 102 Å². The van der Waals surface area contributed by atoms with Crippen molar-refractivity contribution in [3.05, 3.63) is 73.1 Å². The number of carbonyl (C=O) groups is 1. The molecule has 0 spiro atoms. The Morgan fingerprint density at radius 2 is 2.10 bits per heavy atom. The van der Waals surface area contributed by atoms with Crippen molar-refractivity contribution < 1.29 is 14.8 Å². The first-order chi connectivity index (χ1) is 9.90. The summed E-state index contributed by atoms with van der Waals surface area (Å²) in [7, 11) is 0. The van der Waals surface area contributed by atoms with Gasteiger partial charge in [-0.2, -0.15) is 0 Å². The molecule has 1 aromatic carbocycles. The van der Waals surface area contributed by atoms with Gasteiger partial charge in [0.15, 0.2) is 0 Å². The Morgan fingerprint density at radius 3 is 2.67 bits per heavy atom. The maximum atomic E-state index is 11.8. The maximum Gasteiger partial charge on any atom is 0.335 e. The SMILES string of the molecule is O=C(O)c1ccn(Cc2c(Cl)cccc2[N+](=O)[O-])c(=O)c1. The molecule has 0 amide bonds. The number of pyridine rings is 1. The highest BCUT2D eigenvalue weighted by atomic mass is 35.5. The van der Waals surface area contributed by atoms with Crippen LogP contribution < -0.4 is 5.56 Å². The molecule has 0 radical (unpaired) electrons. The number of halogens is 1. The third kappa shape index (κ3) is 3.09. The minimum absolute atomic E-state index is 0.116. The first kappa shape index (κ1) is 14.7. The molecular formula is C13H9ClN2O5. The van der Waals surface area contributed by atoms with Crippen LogP contribution in [0.3, 0.4) is 0 Å². The Hall–Kier alpha value is -2.67. The quantitative estimate of drug-likeness (QED) is 0.688. The molecule has 1 heterocycles. The van der Waals surface area contributed by atoms with E-state index in [1.807, 2.05) is 0 Å². The number of benzene rings is 1. The van der Waals surface area contributed by atoms with Gasteiger partial charge in [-0.3, -0.25) is 14.9 Å². The minimum Gasteiger partial charge on any atom is -0.478 e. The molecule has 0 aliphatic heterocycles. The lowest BCUT2D eigenvalue weighted by Crippen LogP contribution is -2.21. The Balaban J connectivity index is 2.46. The van der Waals surface area contributed by atoms with E-state index in [0.29, 0.717) is 0 Å². The maximum absolute atomic E-state index is 11.8. The molecule has 0 unspecified atom stereocenters. The number of aromatic nitrogens is 1. The average Bonchev–Trinajstić information content (AvgIpc) is 2.42. The average molecular weight is 309 g/mol. The highest BCUT2D eigenvalue weighted by Crippen LogP contribution is 2.26. The van der Waals surface area contributed by atoms with Gasteiger partial charge in [0.05, 0.1) is 27.6 Å². The van der Waals surface area contributed by atoms with Gasteiger partial charge >= 0.3 is 5.97 Å². The molecular weight excluding hydrogens is 300 g/mol. The summed E-state index contributed by atoms with van der Waals surface area (Å²) in [5.41, 5.74) is -0.736. The van der Waals surface area contributed by atoms with E-state index in [1.165, 1.54) is 30.5 Å². The number of carboxylic acids is 1. The lowest BCUT2D eigenvalue weighted by molar-refractivity contribution is -0.385. The first-order valence-corrected chi connectivity index (χ1v) is 6.13. The molecule has 2 aromatic rings. The van der Waals surface area contributed by atoms with Crippen molar-refractivity contribution in [2.45, 2.75) is 6.54 Å². The Morgan fingerprint density at radius 1 is 1.38 bits per heavy atom. The molecule has 0 fully saturated rings. The fraction of sp³-hybridized carbons (Fsp3) is 0.0769. The lowest BCUT2D eigenvalue weighted by atomic mass is 10.1. The number of hydrogen-bond acceptors (Lipinski definition) is 4. The number of nitro benzene ring substituents is 1. The zero-order chi connectivity index (χ0) is 15.6. The smallest absolute Gasteiger partial charge is 0.335 e. The van der Waals surface area contributed by atoms with Crippen LogP contribution in [0.15, 0.2) is 41.3 Å². The summed E-state index contributed by atoms with van der Waals surface area (Å²) in [6, 6.07) is 6.41. The largest absolute Gasteiger partial charge is 0.478 e. The van der Waals surface area contributed by atoms with E-state index in [1.54, 1.807) is 0 Å². The van der Waals surface area contributed by atoms with Gasteiger partial charge in [-0.15, -0.1) is 0 Å². The summed E-state index contributed by atoms with van der Waals surface area (Å²) in [6.45, 7) is -0.116. The normalized spacial score (nSPS) is 10.3. The van der Waals surface area contributed by atoms with E-state index in [-0.39, 0.29) is 28.4 Å². The van der Waals surface area contributed by atoms with Crippen molar-refractivity contribution in [1.82, 2.24) is 4.57 Å². The predicted molar refractivity (Wildman–Crippen MR) is 74.9 cm³/mol. The standard InChI is InChI=1S/C13H9ClN2O5/c14-10-2-1-3-11(16(20)21)9(10)7-15-5-4-8(13(18)19)6-12(15)17/h1-6H,7H2,(H,18,19). The Kier molecular flexibility index (Phi) is 4.04. The number of rotatable bonds is 4. The molecule has 2 rings (SSSR count). The summed E-state index contributed by atoms with van der Waals surface area (Å²) < 4.78 is 1.15. The molecule has 0 bridgehead atoms. The van der Waals surface area contributed by atoms with Gasteiger partial charge in [0, 0.05) is 18.3 Å². The third-order valence-corrected chi connectivity index (χ3v) is 3.22. The molecule has 8 heteroatoms. The lowest BCUT2D eigenvalue weighted by Gasteiger charge is -2.08. The molecule has 108 valence electrons. The van der Waals surface area contributed by atoms with Crippen LogP contribution >= 0.6 is 11.6 Å². The monoisotopic (exact) mass is 308 g/mol. The molecule has 0 saturated carbocycles. The van der Waals surface area contributed by atoms with Crippen molar-refractivity contribution in [3.8, 4) is 0 Å². The van der Waals surface area contributed by atoms with Crippen molar-refractivity contribution in [1.29, 1.82) is 0 Å². The summed E-state index contributed by atoms with van der Waals surface area (Å²) in [5.74, 6) is -1.22. The minimum atomic E-state index is -1.22. The molecule has 0 saturated heterocycles. The van der Waals surface area contributed by atoms with Crippen molar-refractivity contribution in [2.24, 2.45) is 0 Å². The van der Waals surface area contributed by atoms with Gasteiger partial charge in [0.1, 0.15) is 0 Å². The van der Waals surface area contributed by atoms with Gasteiger partial charge in [-0.05, 0) is 12.1 Å². The predicted octanol–water partition coefficient (Wildman–Crippen LogP) is 2.16. The molecule has 0 aliphatic rings. The van der Waals surface area contributed by atoms with Crippen LogP contribution in [0.25, 0.3) is 0 Å². The molecule has 21 heavy (non-hydrogen) atoms. The second-order valence-electron chi connectivity index (χ2n) is 4.18. The van der Waals surface area contributed by atoms with Crippen molar-refractivity contribution in [3.63, 3.8) is 0 Å². The van der Waals surface area contributed by atoms with Crippen LogP contribution in [0.1, 0.15) is 15.9 Å². The number of nitrogens with zero attached hydrogens (tertiary/aromatic N) is 2.